The predicted octanol–water partition coefficient (Wildman–Crippen LogP) is 2.03. The summed E-state index contributed by atoms with van der Waals surface area (Å²) in [5.74, 6) is 0. The molecule has 0 bridgehead atoms. The Morgan fingerprint density at radius 1 is 1.54 bits per heavy atom. The van der Waals surface area contributed by atoms with Crippen LogP contribution in [0.2, 0.25) is 0 Å². The van der Waals surface area contributed by atoms with Crippen LogP contribution in [-0.4, -0.2) is 18.6 Å². The lowest BCUT2D eigenvalue weighted by molar-refractivity contribution is 0.406. The summed E-state index contributed by atoms with van der Waals surface area (Å²) in [6.45, 7) is 7.35. The van der Waals surface area contributed by atoms with Crippen LogP contribution in [0.15, 0.2) is 5.38 Å². The van der Waals surface area contributed by atoms with Crippen molar-refractivity contribution in [3.63, 3.8) is 0 Å². The topological polar surface area (TPSA) is 37.0 Å². The van der Waals surface area contributed by atoms with Gasteiger partial charge in [-0.2, -0.15) is 0 Å². The van der Waals surface area contributed by atoms with Crippen LogP contribution in [0.25, 0.3) is 0 Å². The molecule has 0 saturated carbocycles. The van der Waals surface area contributed by atoms with Gasteiger partial charge in [-0.3, -0.25) is 0 Å². The zero-order valence-corrected chi connectivity index (χ0v) is 9.46. The van der Waals surface area contributed by atoms with Gasteiger partial charge in [0.05, 0.1) is 11.2 Å². The van der Waals surface area contributed by atoms with Gasteiger partial charge in [0.2, 0.25) is 0 Å². The molecule has 74 valence electrons. The molecule has 0 spiro atoms. The van der Waals surface area contributed by atoms with Gasteiger partial charge in [-0.15, -0.1) is 11.3 Å². The molecule has 0 aliphatic rings. The lowest BCUT2D eigenvalue weighted by atomic mass is 10.0. The molecule has 1 aromatic rings. The Balaban J connectivity index is 2.80. The second-order valence-electron chi connectivity index (χ2n) is 3.44. The monoisotopic (exact) mass is 199 g/mol. The summed E-state index contributed by atoms with van der Waals surface area (Å²) >= 11 is 1.64. The number of nitrogens with zero attached hydrogens (tertiary/aromatic N) is 1. The lowest BCUT2D eigenvalue weighted by Gasteiger charge is -2.23. The molecule has 0 fully saturated rings. The molecule has 1 aromatic heterocycles. The fourth-order valence-electron chi connectivity index (χ4n) is 1.21. The molecule has 0 aromatic carbocycles. The summed E-state index contributed by atoms with van der Waals surface area (Å²) in [6.07, 6.45) is 0. The number of thiazole rings is 1. The molecule has 0 aliphatic heterocycles. The Kier molecular flexibility index (Phi) is 3.27. The molecule has 2 N–H and O–H groups in total. The quantitative estimate of drug-likeness (QED) is 0.779. The number of hydrogen-bond donors (Lipinski definition) is 2. The van der Waals surface area contributed by atoms with Crippen molar-refractivity contribution in [3.05, 3.63) is 11.1 Å². The van der Waals surface area contributed by atoms with Gasteiger partial charge in [0.1, 0.15) is 0 Å². The maximum atomic E-state index is 4.46. The summed E-state index contributed by atoms with van der Waals surface area (Å²) in [5, 5.41) is 9.50. The Morgan fingerprint density at radius 3 is 2.69 bits per heavy atom. The first-order valence-electron chi connectivity index (χ1n) is 4.49. The van der Waals surface area contributed by atoms with Crippen LogP contribution < -0.4 is 10.6 Å². The highest BCUT2D eigenvalue weighted by Crippen LogP contribution is 2.24. The van der Waals surface area contributed by atoms with Gasteiger partial charge in [0, 0.05) is 12.4 Å². The zero-order chi connectivity index (χ0) is 9.90. The summed E-state index contributed by atoms with van der Waals surface area (Å²) in [4.78, 5) is 4.46. The van der Waals surface area contributed by atoms with Crippen LogP contribution >= 0.6 is 11.3 Å². The first kappa shape index (κ1) is 10.5. The molecule has 0 radical (unpaired) electrons. The first-order chi connectivity index (χ1) is 6.10. The minimum absolute atomic E-state index is 0.0274. The van der Waals surface area contributed by atoms with E-state index in [1.165, 1.54) is 0 Å². The third-order valence-electron chi connectivity index (χ3n) is 1.98. The Labute approximate surface area is 83.6 Å². The van der Waals surface area contributed by atoms with Gasteiger partial charge < -0.3 is 10.6 Å². The third kappa shape index (κ3) is 2.42. The van der Waals surface area contributed by atoms with E-state index in [1.54, 1.807) is 11.3 Å². The van der Waals surface area contributed by atoms with Crippen molar-refractivity contribution in [2.75, 3.05) is 18.9 Å². The van der Waals surface area contributed by atoms with E-state index in [2.05, 4.69) is 41.8 Å². The van der Waals surface area contributed by atoms with Gasteiger partial charge >= 0.3 is 0 Å². The van der Waals surface area contributed by atoms with E-state index < -0.39 is 0 Å². The van der Waals surface area contributed by atoms with Gasteiger partial charge in [-0.05, 0) is 20.4 Å². The standard InChI is InChI=1S/C9H17N3S/c1-5-11-9(2,3)7-6-13-8(10-4)12-7/h6,11H,5H2,1-4H3,(H,10,12). The Bertz CT molecular complexity index is 268. The third-order valence-corrected chi connectivity index (χ3v) is 2.84. The average Bonchev–Trinajstić information content (AvgIpc) is 2.52. The molecule has 0 unspecified atom stereocenters. The largest absolute Gasteiger partial charge is 0.365 e. The molecule has 4 heteroatoms. The molecule has 0 atom stereocenters. The number of rotatable bonds is 4. The van der Waals surface area contributed by atoms with Gasteiger partial charge in [0.25, 0.3) is 0 Å². The van der Waals surface area contributed by atoms with Gasteiger partial charge in [0.15, 0.2) is 5.13 Å². The average molecular weight is 199 g/mol. The fraction of sp³-hybridized carbons (Fsp3) is 0.667. The van der Waals surface area contributed by atoms with E-state index >= 15 is 0 Å². The maximum Gasteiger partial charge on any atom is 0.182 e. The van der Waals surface area contributed by atoms with Crippen molar-refractivity contribution < 1.29 is 0 Å². The smallest absolute Gasteiger partial charge is 0.182 e. The Hall–Kier alpha value is -0.610. The van der Waals surface area contributed by atoms with Crippen molar-refractivity contribution in [3.8, 4) is 0 Å². The van der Waals surface area contributed by atoms with Crippen LogP contribution in [0, 0.1) is 0 Å². The molecule has 1 rings (SSSR count). The summed E-state index contributed by atoms with van der Waals surface area (Å²) in [6, 6.07) is 0. The van der Waals surface area contributed by atoms with E-state index in [-0.39, 0.29) is 5.54 Å². The van der Waals surface area contributed by atoms with Crippen LogP contribution in [0.4, 0.5) is 5.13 Å². The summed E-state index contributed by atoms with van der Waals surface area (Å²) < 4.78 is 0. The Morgan fingerprint density at radius 2 is 2.23 bits per heavy atom. The van der Waals surface area contributed by atoms with Crippen molar-refractivity contribution in [2.24, 2.45) is 0 Å². The molecule has 0 saturated heterocycles. The predicted molar refractivity (Wildman–Crippen MR) is 58.4 cm³/mol. The summed E-state index contributed by atoms with van der Waals surface area (Å²) in [7, 11) is 1.89. The van der Waals surface area contributed by atoms with E-state index in [0.717, 1.165) is 17.4 Å². The van der Waals surface area contributed by atoms with Gasteiger partial charge in [-0.1, -0.05) is 6.92 Å². The number of anilines is 1. The zero-order valence-electron chi connectivity index (χ0n) is 8.64. The van der Waals surface area contributed by atoms with Crippen molar-refractivity contribution >= 4 is 16.5 Å². The first-order valence-corrected chi connectivity index (χ1v) is 5.37. The molecule has 0 aliphatic carbocycles. The van der Waals surface area contributed by atoms with E-state index in [9.17, 15) is 0 Å². The molecular weight excluding hydrogens is 182 g/mol. The molecular formula is C9H17N3S. The second-order valence-corrected chi connectivity index (χ2v) is 4.30. The highest BCUT2D eigenvalue weighted by molar-refractivity contribution is 7.13. The highest BCUT2D eigenvalue weighted by Gasteiger charge is 2.21. The van der Waals surface area contributed by atoms with Crippen molar-refractivity contribution in [1.29, 1.82) is 0 Å². The second kappa shape index (κ2) is 4.07. The number of aromatic nitrogens is 1. The maximum absolute atomic E-state index is 4.46. The summed E-state index contributed by atoms with van der Waals surface area (Å²) in [5.41, 5.74) is 1.07. The SMILES string of the molecule is CCNC(C)(C)c1csc(NC)n1. The van der Waals surface area contributed by atoms with E-state index in [1.807, 2.05) is 7.05 Å². The molecule has 13 heavy (non-hydrogen) atoms. The normalized spacial score (nSPS) is 11.7. The van der Waals surface area contributed by atoms with Crippen molar-refractivity contribution in [2.45, 2.75) is 26.3 Å². The minimum Gasteiger partial charge on any atom is -0.365 e. The fourth-order valence-corrected chi connectivity index (χ4v) is 2.05. The minimum atomic E-state index is -0.0274. The lowest BCUT2D eigenvalue weighted by Crippen LogP contribution is -2.36. The van der Waals surface area contributed by atoms with E-state index in [4.69, 9.17) is 0 Å². The highest BCUT2D eigenvalue weighted by atomic mass is 32.1. The number of hydrogen-bond acceptors (Lipinski definition) is 4. The van der Waals surface area contributed by atoms with Crippen LogP contribution in [0.1, 0.15) is 26.5 Å². The van der Waals surface area contributed by atoms with Gasteiger partial charge in [-0.25, -0.2) is 4.98 Å². The van der Waals surface area contributed by atoms with Crippen LogP contribution in [-0.2, 0) is 5.54 Å². The molecule has 3 nitrogen and oxygen atoms in total. The van der Waals surface area contributed by atoms with Crippen LogP contribution in [0.5, 0.6) is 0 Å². The van der Waals surface area contributed by atoms with E-state index in [0.29, 0.717) is 0 Å². The van der Waals surface area contributed by atoms with Crippen molar-refractivity contribution in [1.82, 2.24) is 10.3 Å². The van der Waals surface area contributed by atoms with Crippen LogP contribution in [0.3, 0.4) is 0 Å². The molecule has 0 amide bonds. The molecule has 1 heterocycles. The number of nitrogens with one attached hydrogen (secondary N) is 2.